The molecular formula is C24H16Cl2F3NO3. The number of nitrogens with zero attached hydrogens (tertiary/aromatic N) is 1. The molecular weight excluding hydrogens is 478 g/mol. The average Bonchev–Trinajstić information content (AvgIpc) is 2.75. The molecule has 0 fully saturated rings. The van der Waals surface area contributed by atoms with Crippen LogP contribution in [0.2, 0.25) is 10.0 Å². The Morgan fingerprint density at radius 2 is 1.70 bits per heavy atom. The van der Waals surface area contributed by atoms with E-state index in [1.165, 1.54) is 13.0 Å². The smallest absolute Gasteiger partial charge is 0.416 e. The Balaban J connectivity index is 1.73. The van der Waals surface area contributed by atoms with Crippen LogP contribution in [0.4, 0.5) is 13.2 Å². The number of benzene rings is 3. The van der Waals surface area contributed by atoms with Crippen molar-refractivity contribution in [3.8, 4) is 23.3 Å². The number of nitriles is 1. The summed E-state index contributed by atoms with van der Waals surface area (Å²) in [5.41, 5.74) is -0.435. The van der Waals surface area contributed by atoms with Gasteiger partial charge < -0.3 is 9.47 Å². The molecule has 3 rings (SSSR count). The number of hydrogen-bond donors (Lipinski definition) is 0. The molecule has 0 heterocycles. The highest BCUT2D eigenvalue weighted by Gasteiger charge is 2.31. The minimum absolute atomic E-state index is 0.0245. The van der Waals surface area contributed by atoms with Crippen LogP contribution in [0.1, 0.15) is 24.0 Å². The van der Waals surface area contributed by atoms with Gasteiger partial charge in [-0.2, -0.15) is 18.4 Å². The molecule has 0 radical (unpaired) electrons. The van der Waals surface area contributed by atoms with Crippen molar-refractivity contribution >= 4 is 29.0 Å². The first kappa shape index (κ1) is 24.4. The van der Waals surface area contributed by atoms with Crippen LogP contribution in [0, 0.1) is 11.3 Å². The molecule has 0 aliphatic rings. The second-order valence-electron chi connectivity index (χ2n) is 7.00. The SMILES string of the molecule is CC(Oc1cccc(Oc2ccc(C(F)(F)F)cc2Cl)c1)C(=O)C(C#N)c1cccc(Cl)c1. The maximum atomic E-state index is 12.8. The Kier molecular flexibility index (Phi) is 7.52. The third-order valence-electron chi connectivity index (χ3n) is 4.60. The Morgan fingerprint density at radius 3 is 2.33 bits per heavy atom. The molecule has 9 heteroatoms. The number of rotatable bonds is 7. The maximum absolute atomic E-state index is 12.8. The molecule has 0 spiro atoms. The number of Topliss-reactive ketones (excluding diaryl/α,β-unsaturated/α-hetero) is 1. The highest BCUT2D eigenvalue weighted by molar-refractivity contribution is 6.32. The summed E-state index contributed by atoms with van der Waals surface area (Å²) in [6, 6.07) is 17.3. The summed E-state index contributed by atoms with van der Waals surface area (Å²) in [6.07, 6.45) is -5.50. The molecule has 2 atom stereocenters. The molecule has 0 aliphatic carbocycles. The van der Waals surface area contributed by atoms with E-state index in [1.807, 2.05) is 6.07 Å². The lowest BCUT2D eigenvalue weighted by Gasteiger charge is -2.18. The summed E-state index contributed by atoms with van der Waals surface area (Å²) in [4.78, 5) is 12.8. The second kappa shape index (κ2) is 10.2. The van der Waals surface area contributed by atoms with Gasteiger partial charge in [0.1, 0.15) is 23.2 Å². The first-order valence-corrected chi connectivity index (χ1v) is 10.3. The van der Waals surface area contributed by atoms with Gasteiger partial charge in [0.2, 0.25) is 0 Å². The largest absolute Gasteiger partial charge is 0.483 e. The van der Waals surface area contributed by atoms with Gasteiger partial charge in [0.05, 0.1) is 16.7 Å². The fraction of sp³-hybridized carbons (Fsp3) is 0.167. The van der Waals surface area contributed by atoms with Crippen LogP contribution in [0.5, 0.6) is 17.2 Å². The predicted octanol–water partition coefficient (Wildman–Crippen LogP) is 7.45. The fourth-order valence-electron chi connectivity index (χ4n) is 2.98. The molecule has 33 heavy (non-hydrogen) atoms. The highest BCUT2D eigenvalue weighted by Crippen LogP contribution is 2.37. The predicted molar refractivity (Wildman–Crippen MR) is 118 cm³/mol. The Bertz CT molecular complexity index is 1210. The molecule has 0 aromatic heterocycles. The lowest BCUT2D eigenvalue weighted by molar-refractivity contribution is -0.137. The monoisotopic (exact) mass is 493 g/mol. The highest BCUT2D eigenvalue weighted by atomic mass is 35.5. The van der Waals surface area contributed by atoms with Crippen LogP contribution >= 0.6 is 23.2 Å². The van der Waals surface area contributed by atoms with Crippen molar-refractivity contribution in [1.82, 2.24) is 0 Å². The van der Waals surface area contributed by atoms with Crippen molar-refractivity contribution in [3.63, 3.8) is 0 Å². The van der Waals surface area contributed by atoms with Gasteiger partial charge in [-0.1, -0.05) is 41.4 Å². The Morgan fingerprint density at radius 1 is 1.00 bits per heavy atom. The van der Waals surface area contributed by atoms with Gasteiger partial charge in [-0.3, -0.25) is 4.79 Å². The summed E-state index contributed by atoms with van der Waals surface area (Å²) in [5, 5.41) is 9.68. The van der Waals surface area contributed by atoms with Crippen molar-refractivity contribution in [3.05, 3.63) is 87.9 Å². The van der Waals surface area contributed by atoms with E-state index < -0.39 is 29.5 Å². The van der Waals surface area contributed by atoms with Crippen LogP contribution in [0.15, 0.2) is 66.7 Å². The standard InChI is InChI=1S/C24H16Cl2F3NO3/c1-14(23(31)20(13-30)15-4-2-5-17(25)10-15)32-18-6-3-7-19(12-18)33-22-9-8-16(11-21(22)26)24(27,28)29/h2-12,14,20H,1H3. The van der Waals surface area contributed by atoms with Crippen molar-refractivity contribution in [2.45, 2.75) is 25.1 Å². The van der Waals surface area contributed by atoms with Gasteiger partial charge in [0.25, 0.3) is 0 Å². The molecule has 0 aliphatic heterocycles. The lowest BCUT2D eigenvalue weighted by atomic mass is 9.93. The van der Waals surface area contributed by atoms with E-state index in [2.05, 4.69) is 0 Å². The molecule has 2 unspecified atom stereocenters. The third-order valence-corrected chi connectivity index (χ3v) is 5.13. The molecule has 0 saturated carbocycles. The Labute approximate surface area is 198 Å². The van der Waals surface area contributed by atoms with E-state index >= 15 is 0 Å². The van der Waals surface area contributed by atoms with E-state index in [9.17, 15) is 23.2 Å². The van der Waals surface area contributed by atoms with Crippen molar-refractivity contribution in [2.75, 3.05) is 0 Å². The molecule has 0 amide bonds. The van der Waals surface area contributed by atoms with E-state index in [1.54, 1.807) is 42.5 Å². The van der Waals surface area contributed by atoms with E-state index in [0.29, 0.717) is 10.6 Å². The quantitative estimate of drug-likeness (QED) is 0.342. The number of halogens is 5. The van der Waals surface area contributed by atoms with Crippen LogP contribution in [0.3, 0.4) is 0 Å². The molecule has 3 aromatic carbocycles. The van der Waals surface area contributed by atoms with Gasteiger partial charge in [-0.05, 0) is 55.0 Å². The number of carbonyl (C=O) groups is 1. The van der Waals surface area contributed by atoms with Crippen LogP contribution in [-0.2, 0) is 11.0 Å². The molecule has 3 aromatic rings. The van der Waals surface area contributed by atoms with E-state index in [-0.39, 0.29) is 22.3 Å². The second-order valence-corrected chi connectivity index (χ2v) is 7.84. The van der Waals surface area contributed by atoms with Crippen LogP contribution < -0.4 is 9.47 Å². The summed E-state index contributed by atoms with van der Waals surface area (Å²) in [6.45, 7) is 1.51. The lowest BCUT2D eigenvalue weighted by Crippen LogP contribution is -2.28. The minimum atomic E-state index is -4.52. The van der Waals surface area contributed by atoms with Gasteiger partial charge in [-0.25, -0.2) is 0 Å². The van der Waals surface area contributed by atoms with Crippen molar-refractivity contribution < 1.29 is 27.4 Å². The van der Waals surface area contributed by atoms with Crippen molar-refractivity contribution in [2.24, 2.45) is 0 Å². The first-order valence-electron chi connectivity index (χ1n) is 9.58. The number of carbonyl (C=O) groups excluding carboxylic acids is 1. The van der Waals surface area contributed by atoms with Gasteiger partial charge in [0.15, 0.2) is 11.9 Å². The maximum Gasteiger partial charge on any atom is 0.416 e. The summed E-state index contributed by atoms with van der Waals surface area (Å²) < 4.78 is 49.7. The average molecular weight is 494 g/mol. The van der Waals surface area contributed by atoms with Gasteiger partial charge in [-0.15, -0.1) is 0 Å². The number of ketones is 1. The molecule has 0 N–H and O–H groups in total. The number of ether oxygens (including phenoxy) is 2. The summed E-state index contributed by atoms with van der Waals surface area (Å²) in [7, 11) is 0. The zero-order valence-electron chi connectivity index (χ0n) is 17.1. The van der Waals surface area contributed by atoms with Crippen LogP contribution in [-0.4, -0.2) is 11.9 Å². The van der Waals surface area contributed by atoms with Gasteiger partial charge in [0, 0.05) is 11.1 Å². The topological polar surface area (TPSA) is 59.3 Å². The normalized spacial score (nSPS) is 13.0. The fourth-order valence-corrected chi connectivity index (χ4v) is 3.40. The molecule has 170 valence electrons. The van der Waals surface area contributed by atoms with Crippen molar-refractivity contribution in [1.29, 1.82) is 5.26 Å². The molecule has 4 nitrogen and oxygen atoms in total. The minimum Gasteiger partial charge on any atom is -0.483 e. The molecule has 0 saturated heterocycles. The first-order chi connectivity index (χ1) is 15.6. The van der Waals surface area contributed by atoms with Crippen LogP contribution in [0.25, 0.3) is 0 Å². The number of alkyl halides is 3. The third kappa shape index (κ3) is 6.19. The van der Waals surface area contributed by atoms with E-state index in [4.69, 9.17) is 32.7 Å². The van der Waals surface area contributed by atoms with Gasteiger partial charge >= 0.3 is 6.18 Å². The summed E-state index contributed by atoms with van der Waals surface area (Å²) >= 11 is 11.9. The van der Waals surface area contributed by atoms with E-state index in [0.717, 1.165) is 18.2 Å². The zero-order valence-corrected chi connectivity index (χ0v) is 18.6. The molecule has 0 bridgehead atoms. The summed E-state index contributed by atoms with van der Waals surface area (Å²) in [5.74, 6) is -1.00. The Hall–Kier alpha value is -3.21. The zero-order chi connectivity index (χ0) is 24.2. The number of hydrogen-bond acceptors (Lipinski definition) is 4.